The SMILES string of the molecule is C=CCNC(=NCc1nnc(C)n1C)NCC(C(C)C)N1CCCCCC1.I. The topological polar surface area (TPSA) is 70.4 Å². The maximum Gasteiger partial charge on any atom is 0.192 e. The van der Waals surface area contributed by atoms with Crippen LogP contribution in [0.4, 0.5) is 0 Å². The predicted octanol–water partition coefficient (Wildman–Crippen LogP) is 2.86. The van der Waals surface area contributed by atoms with Crippen LogP contribution in [0.25, 0.3) is 0 Å². The zero-order valence-corrected chi connectivity index (χ0v) is 20.3. The van der Waals surface area contributed by atoms with Crippen molar-refractivity contribution in [3.8, 4) is 0 Å². The molecule has 1 fully saturated rings. The summed E-state index contributed by atoms with van der Waals surface area (Å²) in [6, 6.07) is 0.510. The van der Waals surface area contributed by atoms with Gasteiger partial charge >= 0.3 is 0 Å². The van der Waals surface area contributed by atoms with Crippen LogP contribution in [0.2, 0.25) is 0 Å². The molecule has 1 saturated heterocycles. The van der Waals surface area contributed by atoms with Gasteiger partial charge in [-0.15, -0.1) is 40.8 Å². The van der Waals surface area contributed by atoms with Crippen molar-refractivity contribution < 1.29 is 0 Å². The van der Waals surface area contributed by atoms with Crippen molar-refractivity contribution in [2.24, 2.45) is 18.0 Å². The van der Waals surface area contributed by atoms with E-state index in [4.69, 9.17) is 4.99 Å². The smallest absolute Gasteiger partial charge is 0.192 e. The van der Waals surface area contributed by atoms with E-state index < -0.39 is 0 Å². The highest BCUT2D eigenvalue weighted by molar-refractivity contribution is 14.0. The second-order valence-corrected chi connectivity index (χ2v) is 7.70. The summed E-state index contributed by atoms with van der Waals surface area (Å²) >= 11 is 0. The van der Waals surface area contributed by atoms with Crippen LogP contribution in [0.3, 0.4) is 0 Å². The lowest BCUT2D eigenvalue weighted by Gasteiger charge is -2.34. The first kappa shape index (κ1) is 24.9. The second-order valence-electron chi connectivity index (χ2n) is 7.70. The van der Waals surface area contributed by atoms with E-state index in [0.29, 0.717) is 25.0 Å². The fourth-order valence-electron chi connectivity index (χ4n) is 3.50. The predicted molar refractivity (Wildman–Crippen MR) is 127 cm³/mol. The molecule has 0 bridgehead atoms. The first-order valence-corrected chi connectivity index (χ1v) is 10.2. The molecule has 1 aliphatic heterocycles. The van der Waals surface area contributed by atoms with E-state index >= 15 is 0 Å². The third-order valence-electron chi connectivity index (χ3n) is 5.33. The molecular weight excluding hydrogens is 465 g/mol. The maximum atomic E-state index is 4.71. The fraction of sp³-hybridized carbons (Fsp3) is 0.750. The van der Waals surface area contributed by atoms with E-state index in [1.807, 2.05) is 24.6 Å². The van der Waals surface area contributed by atoms with Gasteiger partial charge in [0.25, 0.3) is 0 Å². The van der Waals surface area contributed by atoms with Gasteiger partial charge in [0.1, 0.15) is 12.4 Å². The lowest BCUT2D eigenvalue weighted by Crippen LogP contribution is -2.49. The first-order chi connectivity index (χ1) is 13.0. The van der Waals surface area contributed by atoms with E-state index in [9.17, 15) is 0 Å². The van der Waals surface area contributed by atoms with E-state index in [0.717, 1.165) is 24.2 Å². The molecule has 0 radical (unpaired) electrons. The van der Waals surface area contributed by atoms with E-state index in [1.54, 1.807) is 0 Å². The van der Waals surface area contributed by atoms with Crippen LogP contribution in [0.1, 0.15) is 51.2 Å². The molecule has 2 heterocycles. The van der Waals surface area contributed by atoms with Gasteiger partial charge in [-0.05, 0) is 38.8 Å². The van der Waals surface area contributed by atoms with Gasteiger partial charge in [0.2, 0.25) is 0 Å². The number of hydrogen-bond donors (Lipinski definition) is 2. The minimum Gasteiger partial charge on any atom is -0.355 e. The van der Waals surface area contributed by atoms with E-state index in [2.05, 4.69) is 46.2 Å². The van der Waals surface area contributed by atoms with Gasteiger partial charge in [-0.1, -0.05) is 32.8 Å². The van der Waals surface area contributed by atoms with Crippen LogP contribution < -0.4 is 10.6 Å². The van der Waals surface area contributed by atoms with Gasteiger partial charge in [-0.3, -0.25) is 4.90 Å². The number of hydrogen-bond acceptors (Lipinski definition) is 4. The van der Waals surface area contributed by atoms with Crippen molar-refractivity contribution >= 4 is 29.9 Å². The lowest BCUT2D eigenvalue weighted by atomic mass is 10.0. The molecule has 1 aromatic rings. The number of likely N-dealkylation sites (tertiary alicyclic amines) is 1. The second kappa shape index (κ2) is 13.1. The average Bonchev–Trinajstić information content (AvgIpc) is 2.84. The standard InChI is InChI=1S/C20H37N7.HI/c1-6-11-21-20(23-15-19-25-24-17(4)26(19)5)22-14-18(16(2)3)27-12-9-7-8-10-13-27;/h6,16,18H,1,7-15H2,2-5H3,(H2,21,22,23);1H. The summed E-state index contributed by atoms with van der Waals surface area (Å²) < 4.78 is 1.97. The Kier molecular flexibility index (Phi) is 11.7. The number of aryl methyl sites for hydroxylation is 1. The minimum absolute atomic E-state index is 0. The molecule has 7 nitrogen and oxygen atoms in total. The van der Waals surface area contributed by atoms with Gasteiger partial charge in [-0.25, -0.2) is 4.99 Å². The molecule has 8 heteroatoms. The normalized spacial score (nSPS) is 17.0. The number of rotatable bonds is 8. The number of guanidine groups is 1. The van der Waals surface area contributed by atoms with Crippen molar-refractivity contribution in [1.82, 2.24) is 30.3 Å². The van der Waals surface area contributed by atoms with Crippen LogP contribution >= 0.6 is 24.0 Å². The van der Waals surface area contributed by atoms with Crippen LogP contribution in [0, 0.1) is 12.8 Å². The summed E-state index contributed by atoms with van der Waals surface area (Å²) in [4.78, 5) is 7.36. The van der Waals surface area contributed by atoms with Crippen LogP contribution in [-0.4, -0.2) is 57.8 Å². The Morgan fingerprint density at radius 2 is 1.86 bits per heavy atom. The highest BCUT2D eigenvalue weighted by Crippen LogP contribution is 2.17. The molecular formula is C20H38IN7. The quantitative estimate of drug-likeness (QED) is 0.247. The molecule has 1 aliphatic rings. The van der Waals surface area contributed by atoms with Gasteiger partial charge in [0.05, 0.1) is 0 Å². The zero-order chi connectivity index (χ0) is 19.6. The summed E-state index contributed by atoms with van der Waals surface area (Å²) in [5.41, 5.74) is 0. The lowest BCUT2D eigenvalue weighted by molar-refractivity contribution is 0.161. The Balaban J connectivity index is 0.00000392. The van der Waals surface area contributed by atoms with Gasteiger partial charge in [-0.2, -0.15) is 0 Å². The van der Waals surface area contributed by atoms with Crippen molar-refractivity contribution in [3.63, 3.8) is 0 Å². The highest BCUT2D eigenvalue weighted by atomic mass is 127. The molecule has 2 rings (SSSR count). The summed E-state index contributed by atoms with van der Waals surface area (Å²) in [6.07, 6.45) is 7.19. The average molecular weight is 503 g/mol. The number of aliphatic imine (C=N–C) groups is 1. The summed E-state index contributed by atoms with van der Waals surface area (Å²) in [5.74, 6) is 3.16. The number of aromatic nitrogens is 3. The first-order valence-electron chi connectivity index (χ1n) is 10.2. The van der Waals surface area contributed by atoms with E-state index in [-0.39, 0.29) is 24.0 Å². The summed E-state index contributed by atoms with van der Waals surface area (Å²) in [7, 11) is 1.97. The third-order valence-corrected chi connectivity index (χ3v) is 5.33. The molecule has 0 aliphatic carbocycles. The number of halogens is 1. The largest absolute Gasteiger partial charge is 0.355 e. The van der Waals surface area contributed by atoms with Gasteiger partial charge < -0.3 is 15.2 Å². The molecule has 2 N–H and O–H groups in total. The Hall–Kier alpha value is -1.16. The van der Waals surface area contributed by atoms with E-state index in [1.165, 1.54) is 38.8 Å². The molecule has 160 valence electrons. The number of nitrogens with zero attached hydrogens (tertiary/aromatic N) is 5. The Morgan fingerprint density at radius 1 is 1.18 bits per heavy atom. The molecule has 1 atom stereocenters. The van der Waals surface area contributed by atoms with Crippen LogP contribution in [-0.2, 0) is 13.6 Å². The Morgan fingerprint density at radius 3 is 2.39 bits per heavy atom. The monoisotopic (exact) mass is 503 g/mol. The molecule has 0 amide bonds. The third kappa shape index (κ3) is 7.69. The van der Waals surface area contributed by atoms with Crippen LogP contribution in [0.15, 0.2) is 17.6 Å². The van der Waals surface area contributed by atoms with Gasteiger partial charge in [0, 0.05) is 26.2 Å². The molecule has 0 aromatic carbocycles. The van der Waals surface area contributed by atoms with Crippen LogP contribution in [0.5, 0.6) is 0 Å². The molecule has 28 heavy (non-hydrogen) atoms. The van der Waals surface area contributed by atoms with Gasteiger partial charge in [0.15, 0.2) is 11.8 Å². The van der Waals surface area contributed by atoms with Crippen molar-refractivity contribution in [1.29, 1.82) is 0 Å². The maximum absolute atomic E-state index is 4.71. The number of nitrogens with one attached hydrogen (secondary N) is 2. The molecule has 1 unspecified atom stereocenters. The van der Waals surface area contributed by atoms with Crippen molar-refractivity contribution in [3.05, 3.63) is 24.3 Å². The Bertz CT molecular complexity index is 604. The van der Waals surface area contributed by atoms with Crippen molar-refractivity contribution in [2.75, 3.05) is 26.2 Å². The Labute approximate surface area is 187 Å². The zero-order valence-electron chi connectivity index (χ0n) is 17.9. The highest BCUT2D eigenvalue weighted by Gasteiger charge is 2.22. The van der Waals surface area contributed by atoms with Crippen molar-refractivity contribution in [2.45, 2.75) is 59.0 Å². The molecule has 0 spiro atoms. The minimum atomic E-state index is 0. The summed E-state index contributed by atoms with van der Waals surface area (Å²) in [6.45, 7) is 14.8. The molecule has 0 saturated carbocycles. The summed E-state index contributed by atoms with van der Waals surface area (Å²) in [5, 5.41) is 15.2. The molecule has 1 aromatic heterocycles. The fourth-order valence-corrected chi connectivity index (χ4v) is 3.50.